The lowest BCUT2D eigenvalue weighted by Crippen LogP contribution is -2.45. The van der Waals surface area contributed by atoms with Crippen LogP contribution in [0.2, 0.25) is 0 Å². The van der Waals surface area contributed by atoms with Crippen LogP contribution in [-0.2, 0) is 13.1 Å². The Hall–Kier alpha value is -1.61. The van der Waals surface area contributed by atoms with Crippen LogP contribution in [0.4, 0.5) is 0 Å². The van der Waals surface area contributed by atoms with Crippen molar-refractivity contribution in [2.24, 2.45) is 4.99 Å². The van der Waals surface area contributed by atoms with Gasteiger partial charge >= 0.3 is 0 Å². The maximum atomic E-state index is 4.81. The van der Waals surface area contributed by atoms with Crippen LogP contribution in [0.1, 0.15) is 37.8 Å². The summed E-state index contributed by atoms with van der Waals surface area (Å²) in [6.07, 6.45) is 6.47. The standard InChI is InChI=1S/C21H32N6.HI/c1-4-22-21(23-14-17(2)26(3)20-10-11-20)24-15-18-8-5-6-9-19(18)16-27-13-7-12-25-27;/h5-9,12-13,17,20H,4,10-11,14-16H2,1-3H3,(H2,22,23,24);1H. The Kier molecular flexibility index (Phi) is 9.24. The molecular formula is C21H33IN6. The quantitative estimate of drug-likeness (QED) is 0.318. The molecule has 1 aromatic carbocycles. The zero-order valence-electron chi connectivity index (χ0n) is 17.1. The number of nitrogens with zero attached hydrogens (tertiary/aromatic N) is 4. The molecule has 0 spiro atoms. The number of halogens is 1. The first kappa shape index (κ1) is 22.7. The highest BCUT2D eigenvalue weighted by Gasteiger charge is 2.28. The summed E-state index contributed by atoms with van der Waals surface area (Å²) in [5, 5.41) is 11.2. The van der Waals surface area contributed by atoms with Crippen molar-refractivity contribution < 1.29 is 0 Å². The van der Waals surface area contributed by atoms with Gasteiger partial charge in [-0.15, -0.1) is 24.0 Å². The molecule has 0 aliphatic heterocycles. The van der Waals surface area contributed by atoms with Gasteiger partial charge in [-0.1, -0.05) is 24.3 Å². The first-order chi connectivity index (χ1) is 13.2. The molecule has 6 nitrogen and oxygen atoms in total. The molecule has 1 fully saturated rings. The predicted octanol–water partition coefficient (Wildman–Crippen LogP) is 3.09. The summed E-state index contributed by atoms with van der Waals surface area (Å²) >= 11 is 0. The van der Waals surface area contributed by atoms with E-state index < -0.39 is 0 Å². The van der Waals surface area contributed by atoms with Crippen LogP contribution in [0, 0.1) is 0 Å². The number of hydrogen-bond acceptors (Lipinski definition) is 3. The summed E-state index contributed by atoms with van der Waals surface area (Å²) < 4.78 is 1.95. The maximum absolute atomic E-state index is 4.81. The van der Waals surface area contributed by atoms with E-state index in [1.54, 1.807) is 0 Å². The summed E-state index contributed by atoms with van der Waals surface area (Å²) in [6.45, 7) is 7.55. The number of rotatable bonds is 9. The third kappa shape index (κ3) is 6.77. The molecule has 0 radical (unpaired) electrons. The van der Waals surface area contributed by atoms with Crippen LogP contribution in [0.25, 0.3) is 0 Å². The van der Waals surface area contributed by atoms with Crippen molar-refractivity contribution in [3.63, 3.8) is 0 Å². The molecule has 2 N–H and O–H groups in total. The number of aromatic nitrogens is 2. The number of nitrogens with one attached hydrogen (secondary N) is 2. The van der Waals surface area contributed by atoms with Crippen LogP contribution >= 0.6 is 24.0 Å². The Morgan fingerprint density at radius 2 is 2.00 bits per heavy atom. The summed E-state index contributed by atoms with van der Waals surface area (Å²) in [6, 6.07) is 11.7. The third-order valence-corrected chi connectivity index (χ3v) is 5.14. The Labute approximate surface area is 185 Å². The van der Waals surface area contributed by atoms with Gasteiger partial charge in [0.05, 0.1) is 13.1 Å². The molecule has 28 heavy (non-hydrogen) atoms. The van der Waals surface area contributed by atoms with Gasteiger partial charge in [0.25, 0.3) is 0 Å². The molecule has 0 bridgehead atoms. The minimum atomic E-state index is 0. The lowest BCUT2D eigenvalue weighted by Gasteiger charge is -2.25. The van der Waals surface area contributed by atoms with Crippen molar-refractivity contribution in [2.75, 3.05) is 20.1 Å². The lowest BCUT2D eigenvalue weighted by molar-refractivity contribution is 0.247. The normalized spacial score (nSPS) is 15.2. The first-order valence-corrected chi connectivity index (χ1v) is 9.95. The van der Waals surface area contributed by atoms with Crippen molar-refractivity contribution in [1.29, 1.82) is 0 Å². The summed E-state index contributed by atoms with van der Waals surface area (Å²) in [5.41, 5.74) is 2.48. The third-order valence-electron chi connectivity index (χ3n) is 5.14. The average molecular weight is 496 g/mol. The number of benzene rings is 1. The molecule has 0 amide bonds. The highest BCUT2D eigenvalue weighted by molar-refractivity contribution is 14.0. The second-order valence-electron chi connectivity index (χ2n) is 7.29. The number of hydrogen-bond donors (Lipinski definition) is 2. The van der Waals surface area contributed by atoms with Crippen LogP contribution in [0.5, 0.6) is 0 Å². The van der Waals surface area contributed by atoms with E-state index in [0.29, 0.717) is 12.6 Å². The van der Waals surface area contributed by atoms with E-state index in [1.165, 1.54) is 24.0 Å². The Balaban J connectivity index is 0.00000280. The summed E-state index contributed by atoms with van der Waals surface area (Å²) in [4.78, 5) is 7.28. The van der Waals surface area contributed by atoms with Gasteiger partial charge < -0.3 is 10.6 Å². The van der Waals surface area contributed by atoms with Gasteiger partial charge in [0, 0.05) is 37.6 Å². The van der Waals surface area contributed by atoms with E-state index in [2.05, 4.69) is 65.8 Å². The number of aliphatic imine (C=N–C) groups is 1. The SMILES string of the molecule is CCNC(=NCc1ccccc1Cn1cccn1)NCC(C)N(C)C1CC1.I. The van der Waals surface area contributed by atoms with E-state index in [4.69, 9.17) is 4.99 Å². The molecule has 1 aromatic heterocycles. The highest BCUT2D eigenvalue weighted by atomic mass is 127. The molecular weight excluding hydrogens is 463 g/mol. The molecule has 154 valence electrons. The monoisotopic (exact) mass is 496 g/mol. The molecule has 0 saturated heterocycles. The smallest absolute Gasteiger partial charge is 0.191 e. The van der Waals surface area contributed by atoms with Crippen molar-refractivity contribution in [3.05, 3.63) is 53.9 Å². The fraction of sp³-hybridized carbons (Fsp3) is 0.524. The second kappa shape index (κ2) is 11.4. The van der Waals surface area contributed by atoms with Gasteiger partial charge in [-0.05, 0) is 50.9 Å². The topological polar surface area (TPSA) is 57.5 Å². The van der Waals surface area contributed by atoms with Crippen LogP contribution in [0.15, 0.2) is 47.7 Å². The molecule has 1 saturated carbocycles. The second-order valence-corrected chi connectivity index (χ2v) is 7.29. The lowest BCUT2D eigenvalue weighted by atomic mass is 10.1. The summed E-state index contributed by atoms with van der Waals surface area (Å²) in [5.74, 6) is 0.877. The number of guanidine groups is 1. The van der Waals surface area contributed by atoms with Crippen molar-refractivity contribution in [2.45, 2.75) is 51.9 Å². The highest BCUT2D eigenvalue weighted by Crippen LogP contribution is 2.26. The maximum Gasteiger partial charge on any atom is 0.191 e. The molecule has 3 rings (SSSR count). The molecule has 1 atom stereocenters. The summed E-state index contributed by atoms with van der Waals surface area (Å²) in [7, 11) is 2.22. The van der Waals surface area contributed by atoms with E-state index in [-0.39, 0.29) is 24.0 Å². The molecule has 1 unspecified atom stereocenters. The van der Waals surface area contributed by atoms with Crippen LogP contribution in [-0.4, -0.2) is 52.9 Å². The Morgan fingerprint density at radius 3 is 2.64 bits per heavy atom. The van der Waals surface area contributed by atoms with Crippen LogP contribution in [0.3, 0.4) is 0 Å². The van der Waals surface area contributed by atoms with E-state index in [9.17, 15) is 0 Å². The average Bonchev–Trinajstić information content (AvgIpc) is 3.41. The largest absolute Gasteiger partial charge is 0.357 e. The Bertz CT molecular complexity index is 726. The molecule has 2 aromatic rings. The fourth-order valence-electron chi connectivity index (χ4n) is 3.17. The van der Waals surface area contributed by atoms with Crippen molar-refractivity contribution in [1.82, 2.24) is 25.3 Å². The van der Waals surface area contributed by atoms with Gasteiger partial charge in [0.2, 0.25) is 0 Å². The van der Waals surface area contributed by atoms with Gasteiger partial charge in [0.1, 0.15) is 0 Å². The Morgan fingerprint density at radius 1 is 1.25 bits per heavy atom. The fourth-order valence-corrected chi connectivity index (χ4v) is 3.17. The van der Waals surface area contributed by atoms with Crippen molar-refractivity contribution >= 4 is 29.9 Å². The predicted molar refractivity (Wildman–Crippen MR) is 126 cm³/mol. The van der Waals surface area contributed by atoms with Gasteiger partial charge in [-0.2, -0.15) is 5.10 Å². The van der Waals surface area contributed by atoms with Gasteiger partial charge in [0.15, 0.2) is 5.96 Å². The van der Waals surface area contributed by atoms with E-state index in [0.717, 1.165) is 31.6 Å². The molecule has 1 aliphatic carbocycles. The number of likely N-dealkylation sites (N-methyl/N-ethyl adjacent to an activating group) is 1. The molecule has 1 aliphatic rings. The molecule has 1 heterocycles. The van der Waals surface area contributed by atoms with Gasteiger partial charge in [-0.3, -0.25) is 9.58 Å². The zero-order chi connectivity index (χ0) is 19.1. The molecule has 7 heteroatoms. The van der Waals surface area contributed by atoms with Crippen LogP contribution < -0.4 is 10.6 Å². The van der Waals surface area contributed by atoms with E-state index >= 15 is 0 Å². The first-order valence-electron chi connectivity index (χ1n) is 9.95. The van der Waals surface area contributed by atoms with Gasteiger partial charge in [-0.25, -0.2) is 4.99 Å². The minimum absolute atomic E-state index is 0. The van der Waals surface area contributed by atoms with Crippen molar-refractivity contribution in [3.8, 4) is 0 Å². The minimum Gasteiger partial charge on any atom is -0.357 e. The zero-order valence-corrected chi connectivity index (χ0v) is 19.5. The van der Waals surface area contributed by atoms with E-state index in [1.807, 2.05) is 23.1 Å².